The molecule has 0 aliphatic carbocycles. The number of aromatic amines is 1. The standard InChI is InChI=1S/C22H30N6O/c1-6-22(4,5)28-20(24-25-26-28)19(27-11-7-8-12-27)17-13-16-10-9-14(2)15(3)18(16)23-21(17)29/h9-10,13,19H,6-8,11-12H2,1-5H3,(H,23,29). The Bertz CT molecular complexity index is 1090. The van der Waals surface area contributed by atoms with Crippen molar-refractivity contribution in [1.29, 1.82) is 0 Å². The molecule has 2 aromatic heterocycles. The average molecular weight is 395 g/mol. The summed E-state index contributed by atoms with van der Waals surface area (Å²) in [5.41, 5.74) is 3.62. The summed E-state index contributed by atoms with van der Waals surface area (Å²) in [6.07, 6.45) is 3.14. The van der Waals surface area contributed by atoms with Gasteiger partial charge in [0.05, 0.1) is 11.1 Å². The van der Waals surface area contributed by atoms with Gasteiger partial charge in [-0.3, -0.25) is 9.69 Å². The third-order valence-electron chi connectivity index (χ3n) is 6.56. The number of hydrogen-bond acceptors (Lipinski definition) is 5. The van der Waals surface area contributed by atoms with Crippen LogP contribution in [-0.2, 0) is 5.54 Å². The Hall–Kier alpha value is -2.54. The van der Waals surface area contributed by atoms with Crippen molar-refractivity contribution in [2.24, 2.45) is 0 Å². The van der Waals surface area contributed by atoms with Gasteiger partial charge < -0.3 is 4.98 Å². The third-order valence-corrected chi connectivity index (χ3v) is 6.56. The van der Waals surface area contributed by atoms with Crippen LogP contribution in [0, 0.1) is 13.8 Å². The second kappa shape index (κ2) is 7.37. The number of tetrazole rings is 1. The molecule has 1 aliphatic heterocycles. The van der Waals surface area contributed by atoms with E-state index in [2.05, 4.69) is 72.2 Å². The minimum Gasteiger partial charge on any atom is -0.321 e. The number of nitrogens with zero attached hydrogens (tertiary/aromatic N) is 5. The molecule has 0 spiro atoms. The Morgan fingerprint density at radius 1 is 1.21 bits per heavy atom. The van der Waals surface area contributed by atoms with Crippen LogP contribution in [0.3, 0.4) is 0 Å². The molecule has 154 valence electrons. The van der Waals surface area contributed by atoms with E-state index in [1.54, 1.807) is 0 Å². The molecule has 29 heavy (non-hydrogen) atoms. The zero-order chi connectivity index (χ0) is 20.8. The first kappa shape index (κ1) is 19.8. The molecule has 0 amide bonds. The Morgan fingerprint density at radius 3 is 2.62 bits per heavy atom. The number of aromatic nitrogens is 5. The number of fused-ring (bicyclic) bond motifs is 1. The van der Waals surface area contributed by atoms with Gasteiger partial charge in [-0.15, -0.1) is 5.10 Å². The second-order valence-corrected chi connectivity index (χ2v) is 8.79. The van der Waals surface area contributed by atoms with Crippen molar-refractivity contribution in [3.05, 3.63) is 51.1 Å². The van der Waals surface area contributed by atoms with Crippen molar-refractivity contribution in [2.45, 2.75) is 65.5 Å². The van der Waals surface area contributed by atoms with Crippen LogP contribution in [0.4, 0.5) is 0 Å². The molecule has 1 N–H and O–H groups in total. The molecule has 1 fully saturated rings. The zero-order valence-corrected chi connectivity index (χ0v) is 18.0. The van der Waals surface area contributed by atoms with E-state index in [0.29, 0.717) is 5.56 Å². The molecule has 0 bridgehead atoms. The topological polar surface area (TPSA) is 79.7 Å². The van der Waals surface area contributed by atoms with E-state index in [4.69, 9.17) is 0 Å². The minimum atomic E-state index is -0.256. The highest BCUT2D eigenvalue weighted by atomic mass is 16.1. The molecule has 0 saturated carbocycles. The van der Waals surface area contributed by atoms with E-state index in [-0.39, 0.29) is 17.1 Å². The number of likely N-dealkylation sites (tertiary alicyclic amines) is 1. The SMILES string of the molecule is CCC(C)(C)n1nnnc1C(c1cc2ccc(C)c(C)c2[nH]c1=O)N1CCCC1. The quantitative estimate of drug-likeness (QED) is 0.717. The molecule has 1 unspecified atom stereocenters. The van der Waals surface area contributed by atoms with Gasteiger partial charge in [0.15, 0.2) is 5.82 Å². The normalized spacial score (nSPS) is 16.6. The highest BCUT2D eigenvalue weighted by molar-refractivity contribution is 5.83. The molecule has 7 nitrogen and oxygen atoms in total. The van der Waals surface area contributed by atoms with Crippen LogP contribution in [-0.4, -0.2) is 43.2 Å². The number of H-pyrrole nitrogens is 1. The first-order valence-electron chi connectivity index (χ1n) is 10.5. The lowest BCUT2D eigenvalue weighted by Gasteiger charge is -2.31. The number of aryl methyl sites for hydroxylation is 2. The molecule has 1 aliphatic rings. The first-order valence-corrected chi connectivity index (χ1v) is 10.5. The zero-order valence-electron chi connectivity index (χ0n) is 18.0. The van der Waals surface area contributed by atoms with Gasteiger partial charge in [-0.25, -0.2) is 4.68 Å². The number of pyridine rings is 1. The Morgan fingerprint density at radius 2 is 1.93 bits per heavy atom. The predicted molar refractivity (Wildman–Crippen MR) is 114 cm³/mol. The lowest BCUT2D eigenvalue weighted by atomic mass is 9.98. The van der Waals surface area contributed by atoms with Gasteiger partial charge in [0, 0.05) is 5.56 Å². The molecule has 1 atom stereocenters. The molecule has 0 radical (unpaired) electrons. The highest BCUT2D eigenvalue weighted by Crippen LogP contribution is 2.32. The van der Waals surface area contributed by atoms with Crippen molar-refractivity contribution in [2.75, 3.05) is 13.1 Å². The van der Waals surface area contributed by atoms with E-state index in [0.717, 1.165) is 54.6 Å². The Balaban J connectivity index is 1.93. The largest absolute Gasteiger partial charge is 0.321 e. The predicted octanol–water partition coefficient (Wildman–Crippen LogP) is 3.46. The van der Waals surface area contributed by atoms with E-state index in [1.165, 1.54) is 5.56 Å². The van der Waals surface area contributed by atoms with E-state index in [9.17, 15) is 4.79 Å². The third kappa shape index (κ3) is 3.37. The monoisotopic (exact) mass is 394 g/mol. The van der Waals surface area contributed by atoms with Crippen LogP contribution in [0.1, 0.15) is 68.6 Å². The summed E-state index contributed by atoms with van der Waals surface area (Å²) in [4.78, 5) is 18.7. The van der Waals surface area contributed by atoms with Crippen molar-refractivity contribution in [3.8, 4) is 0 Å². The summed E-state index contributed by atoms with van der Waals surface area (Å²) in [5.74, 6) is 0.743. The van der Waals surface area contributed by atoms with Crippen molar-refractivity contribution in [1.82, 2.24) is 30.1 Å². The lowest BCUT2D eigenvalue weighted by Crippen LogP contribution is -2.37. The van der Waals surface area contributed by atoms with E-state index < -0.39 is 0 Å². The van der Waals surface area contributed by atoms with Gasteiger partial charge in [0.25, 0.3) is 5.56 Å². The van der Waals surface area contributed by atoms with E-state index >= 15 is 0 Å². The van der Waals surface area contributed by atoms with Crippen molar-refractivity contribution >= 4 is 10.9 Å². The molecule has 3 heterocycles. The van der Waals surface area contributed by atoms with Crippen molar-refractivity contribution < 1.29 is 0 Å². The Labute approximate surface area is 171 Å². The molecular weight excluding hydrogens is 364 g/mol. The van der Waals surface area contributed by atoms with Crippen LogP contribution < -0.4 is 5.56 Å². The molecule has 1 saturated heterocycles. The summed E-state index contributed by atoms with van der Waals surface area (Å²) < 4.78 is 1.90. The van der Waals surface area contributed by atoms with Gasteiger partial charge in [0.1, 0.15) is 6.04 Å². The van der Waals surface area contributed by atoms with Crippen LogP contribution in [0.25, 0.3) is 10.9 Å². The average Bonchev–Trinajstić information content (AvgIpc) is 3.39. The number of benzene rings is 1. The summed E-state index contributed by atoms with van der Waals surface area (Å²) in [7, 11) is 0. The van der Waals surface area contributed by atoms with Gasteiger partial charge >= 0.3 is 0 Å². The maximum atomic E-state index is 13.3. The van der Waals surface area contributed by atoms with Gasteiger partial charge in [-0.05, 0) is 93.1 Å². The molecule has 7 heteroatoms. The van der Waals surface area contributed by atoms with Gasteiger partial charge in [-0.2, -0.15) is 0 Å². The minimum absolute atomic E-state index is 0.0630. The first-order chi connectivity index (χ1) is 13.8. The smallest absolute Gasteiger partial charge is 0.253 e. The number of rotatable bonds is 5. The van der Waals surface area contributed by atoms with Gasteiger partial charge in [-0.1, -0.05) is 19.1 Å². The molecule has 3 aromatic rings. The summed E-state index contributed by atoms with van der Waals surface area (Å²) in [6, 6.07) is 5.96. The van der Waals surface area contributed by atoms with Crippen LogP contribution in [0.2, 0.25) is 0 Å². The van der Waals surface area contributed by atoms with Crippen LogP contribution in [0.15, 0.2) is 23.0 Å². The highest BCUT2D eigenvalue weighted by Gasteiger charge is 2.35. The maximum absolute atomic E-state index is 13.3. The fourth-order valence-electron chi connectivity index (χ4n) is 4.19. The fraction of sp³-hybridized carbons (Fsp3) is 0.545. The summed E-state index contributed by atoms with van der Waals surface area (Å²) in [5, 5.41) is 13.8. The number of hydrogen-bond donors (Lipinski definition) is 1. The Kier molecular flexibility index (Phi) is 5.02. The molecular formula is C22H30N6O. The second-order valence-electron chi connectivity index (χ2n) is 8.79. The van der Waals surface area contributed by atoms with Crippen LogP contribution in [0.5, 0.6) is 0 Å². The van der Waals surface area contributed by atoms with Crippen LogP contribution >= 0.6 is 0 Å². The molecule has 1 aromatic carbocycles. The van der Waals surface area contributed by atoms with E-state index in [1.807, 2.05) is 10.7 Å². The van der Waals surface area contributed by atoms with Crippen molar-refractivity contribution in [3.63, 3.8) is 0 Å². The number of nitrogens with one attached hydrogen (secondary N) is 1. The maximum Gasteiger partial charge on any atom is 0.253 e. The van der Waals surface area contributed by atoms with Gasteiger partial charge in [0.2, 0.25) is 0 Å². The summed E-state index contributed by atoms with van der Waals surface area (Å²) in [6.45, 7) is 12.4. The lowest BCUT2D eigenvalue weighted by molar-refractivity contribution is 0.230. The molecule has 4 rings (SSSR count). The summed E-state index contributed by atoms with van der Waals surface area (Å²) >= 11 is 0. The fourth-order valence-corrected chi connectivity index (χ4v) is 4.19.